The number of rotatable bonds is 2. The number of benzene rings is 1. The summed E-state index contributed by atoms with van der Waals surface area (Å²) in [6.45, 7) is 4.64. The number of H-pyrrole nitrogens is 1. The van der Waals surface area contributed by atoms with Gasteiger partial charge >= 0.3 is 0 Å². The molecule has 0 bridgehead atoms. The maximum atomic E-state index is 12.6. The van der Waals surface area contributed by atoms with Crippen LogP contribution in [0.4, 0.5) is 5.69 Å². The fraction of sp³-hybridized carbons (Fsp3) is 0.333. The number of aryl methyl sites for hydroxylation is 2. The molecular weight excluding hydrogens is 318 g/mol. The number of hydrogen-bond donors (Lipinski definition) is 1. The smallest absolute Gasteiger partial charge is 0.231 e. The third-order valence-electron chi connectivity index (χ3n) is 3.88. The Hall–Kier alpha value is -1.62. The van der Waals surface area contributed by atoms with Crippen LogP contribution >= 0.6 is 15.9 Å². The van der Waals surface area contributed by atoms with Crippen molar-refractivity contribution in [3.63, 3.8) is 0 Å². The number of aromatic amines is 1. The largest absolute Gasteiger partial charge is 0.311 e. The first kappa shape index (κ1) is 13.4. The number of halogens is 1. The van der Waals surface area contributed by atoms with Crippen LogP contribution in [-0.4, -0.2) is 22.6 Å². The highest BCUT2D eigenvalue weighted by Gasteiger charge is 2.26. The van der Waals surface area contributed by atoms with Gasteiger partial charge in [-0.15, -0.1) is 0 Å². The van der Waals surface area contributed by atoms with Crippen LogP contribution < -0.4 is 4.90 Å². The monoisotopic (exact) mass is 333 g/mol. The lowest BCUT2D eigenvalue weighted by atomic mass is 10.1. The average Bonchev–Trinajstić information content (AvgIpc) is 2.98. The fourth-order valence-electron chi connectivity index (χ4n) is 2.73. The molecule has 1 aromatic carbocycles. The van der Waals surface area contributed by atoms with Gasteiger partial charge in [-0.25, -0.2) is 0 Å². The van der Waals surface area contributed by atoms with E-state index in [0.29, 0.717) is 6.42 Å². The molecule has 1 aliphatic heterocycles. The molecule has 0 atom stereocenters. The number of aromatic nitrogens is 2. The highest BCUT2D eigenvalue weighted by atomic mass is 79.9. The molecule has 0 saturated carbocycles. The topological polar surface area (TPSA) is 49.0 Å². The molecule has 1 aliphatic rings. The first-order valence-electron chi connectivity index (χ1n) is 6.66. The molecule has 1 N–H and O–H groups in total. The number of anilines is 1. The molecule has 4 nitrogen and oxygen atoms in total. The zero-order valence-corrected chi connectivity index (χ0v) is 13.1. The van der Waals surface area contributed by atoms with Gasteiger partial charge < -0.3 is 4.90 Å². The van der Waals surface area contributed by atoms with Gasteiger partial charge in [0.15, 0.2) is 0 Å². The van der Waals surface area contributed by atoms with E-state index in [1.807, 2.05) is 36.9 Å². The molecule has 2 aromatic rings. The summed E-state index contributed by atoms with van der Waals surface area (Å²) < 4.78 is 1.08. The molecule has 0 unspecified atom stereocenters. The van der Waals surface area contributed by atoms with Gasteiger partial charge in [0.1, 0.15) is 0 Å². The molecule has 0 radical (unpaired) electrons. The lowest BCUT2D eigenvalue weighted by Crippen LogP contribution is -2.30. The van der Waals surface area contributed by atoms with Gasteiger partial charge in [-0.05, 0) is 38.0 Å². The minimum Gasteiger partial charge on any atom is -0.311 e. The molecule has 104 valence electrons. The molecule has 0 saturated heterocycles. The maximum Gasteiger partial charge on any atom is 0.231 e. The van der Waals surface area contributed by atoms with Crippen molar-refractivity contribution in [1.82, 2.24) is 10.2 Å². The quantitative estimate of drug-likeness (QED) is 0.918. The van der Waals surface area contributed by atoms with Crippen LogP contribution in [-0.2, 0) is 17.6 Å². The molecule has 0 fully saturated rings. The van der Waals surface area contributed by atoms with Crippen molar-refractivity contribution in [2.45, 2.75) is 26.7 Å². The maximum absolute atomic E-state index is 12.6. The van der Waals surface area contributed by atoms with E-state index in [4.69, 9.17) is 0 Å². The van der Waals surface area contributed by atoms with E-state index in [-0.39, 0.29) is 5.91 Å². The zero-order valence-electron chi connectivity index (χ0n) is 11.5. The molecule has 1 amide bonds. The number of amides is 1. The Kier molecular flexibility index (Phi) is 3.38. The van der Waals surface area contributed by atoms with E-state index >= 15 is 0 Å². The summed E-state index contributed by atoms with van der Waals surface area (Å²) in [5, 5.41) is 7.08. The summed E-state index contributed by atoms with van der Waals surface area (Å²) in [5.74, 6) is 0.134. The van der Waals surface area contributed by atoms with Crippen LogP contribution in [0.5, 0.6) is 0 Å². The Bertz CT molecular complexity index is 658. The summed E-state index contributed by atoms with van der Waals surface area (Å²) in [6.07, 6.45) is 1.31. The van der Waals surface area contributed by atoms with Gasteiger partial charge in [-0.2, -0.15) is 5.10 Å². The third kappa shape index (κ3) is 2.16. The van der Waals surface area contributed by atoms with Gasteiger partial charge in [0, 0.05) is 28.0 Å². The number of fused-ring (bicyclic) bond motifs is 1. The predicted octanol–water partition coefficient (Wildman–Crippen LogP) is 2.92. The van der Waals surface area contributed by atoms with Crippen LogP contribution in [0, 0.1) is 13.8 Å². The summed E-state index contributed by atoms with van der Waals surface area (Å²) in [4.78, 5) is 14.4. The second-order valence-corrected chi connectivity index (χ2v) is 5.98. The molecule has 20 heavy (non-hydrogen) atoms. The van der Waals surface area contributed by atoms with Gasteiger partial charge in [-0.3, -0.25) is 9.89 Å². The summed E-state index contributed by atoms with van der Waals surface area (Å²) in [6, 6.07) is 6.01. The van der Waals surface area contributed by atoms with Crippen molar-refractivity contribution in [2.24, 2.45) is 0 Å². The first-order valence-corrected chi connectivity index (χ1v) is 7.45. The zero-order chi connectivity index (χ0) is 14.3. The first-order chi connectivity index (χ1) is 9.58. The Morgan fingerprint density at radius 3 is 2.95 bits per heavy atom. The Morgan fingerprint density at radius 1 is 1.45 bits per heavy atom. The highest BCUT2D eigenvalue weighted by Crippen LogP contribution is 2.34. The predicted molar refractivity (Wildman–Crippen MR) is 82.0 cm³/mol. The van der Waals surface area contributed by atoms with Crippen molar-refractivity contribution >= 4 is 27.5 Å². The number of nitrogens with zero attached hydrogens (tertiary/aromatic N) is 2. The molecule has 0 spiro atoms. The highest BCUT2D eigenvalue weighted by molar-refractivity contribution is 9.10. The second-order valence-electron chi connectivity index (χ2n) is 5.12. The normalized spacial score (nSPS) is 13.7. The van der Waals surface area contributed by atoms with Crippen LogP contribution in [0.15, 0.2) is 22.7 Å². The van der Waals surface area contributed by atoms with Gasteiger partial charge in [-0.1, -0.05) is 22.0 Å². The van der Waals surface area contributed by atoms with Crippen molar-refractivity contribution < 1.29 is 4.79 Å². The van der Waals surface area contributed by atoms with Crippen LogP contribution in [0.3, 0.4) is 0 Å². The lowest BCUT2D eigenvalue weighted by molar-refractivity contribution is -0.117. The van der Waals surface area contributed by atoms with Crippen molar-refractivity contribution in [1.29, 1.82) is 0 Å². The summed E-state index contributed by atoms with van der Waals surface area (Å²) >= 11 is 3.55. The third-order valence-corrected chi connectivity index (χ3v) is 4.62. The van der Waals surface area contributed by atoms with E-state index in [1.165, 1.54) is 5.56 Å². The molecular formula is C15H16BrN3O. The van der Waals surface area contributed by atoms with Crippen LogP contribution in [0.1, 0.15) is 22.5 Å². The van der Waals surface area contributed by atoms with Crippen molar-refractivity contribution in [2.75, 3.05) is 11.4 Å². The van der Waals surface area contributed by atoms with Crippen LogP contribution in [0.25, 0.3) is 0 Å². The molecule has 2 heterocycles. The lowest BCUT2D eigenvalue weighted by Gasteiger charge is -2.17. The fourth-order valence-corrected chi connectivity index (χ4v) is 3.29. The Morgan fingerprint density at radius 2 is 2.25 bits per heavy atom. The van der Waals surface area contributed by atoms with Gasteiger partial charge in [0.05, 0.1) is 12.1 Å². The van der Waals surface area contributed by atoms with Crippen molar-refractivity contribution in [3.8, 4) is 0 Å². The molecule has 0 aliphatic carbocycles. The minimum absolute atomic E-state index is 0.134. The van der Waals surface area contributed by atoms with E-state index in [0.717, 1.165) is 40.1 Å². The number of carbonyl (C=O) groups excluding carboxylic acids is 1. The number of hydrogen-bond acceptors (Lipinski definition) is 2. The van der Waals surface area contributed by atoms with Gasteiger partial charge in [0.2, 0.25) is 5.91 Å². The number of carbonyl (C=O) groups is 1. The van der Waals surface area contributed by atoms with E-state index in [2.05, 4.69) is 26.1 Å². The summed E-state index contributed by atoms with van der Waals surface area (Å²) in [5.41, 5.74) is 5.15. The van der Waals surface area contributed by atoms with Crippen LogP contribution in [0.2, 0.25) is 0 Å². The van der Waals surface area contributed by atoms with E-state index in [1.54, 1.807) is 0 Å². The Balaban J connectivity index is 1.86. The second kappa shape index (κ2) is 5.05. The summed E-state index contributed by atoms with van der Waals surface area (Å²) in [7, 11) is 0. The van der Waals surface area contributed by atoms with Gasteiger partial charge in [0.25, 0.3) is 0 Å². The van der Waals surface area contributed by atoms with E-state index < -0.39 is 0 Å². The van der Waals surface area contributed by atoms with Crippen molar-refractivity contribution in [3.05, 3.63) is 45.2 Å². The van der Waals surface area contributed by atoms with E-state index in [9.17, 15) is 4.79 Å². The number of nitrogens with one attached hydrogen (secondary N) is 1. The standard InChI is InChI=1S/C15H16BrN3O/c1-9-12(10(2)18-17-9)8-15(20)19-7-6-11-13(16)4-3-5-14(11)19/h3-5H,6-8H2,1-2H3,(H,17,18). The minimum atomic E-state index is 0.134. The average molecular weight is 334 g/mol. The molecule has 1 aromatic heterocycles. The SMILES string of the molecule is Cc1n[nH]c(C)c1CC(=O)N1CCc2c(Br)cccc21. The molecule has 5 heteroatoms. The molecule has 3 rings (SSSR count). The Labute approximate surface area is 126 Å².